The second-order valence-corrected chi connectivity index (χ2v) is 4.68. The monoisotopic (exact) mass is 256 g/mol. The molecule has 0 saturated carbocycles. The van der Waals surface area contributed by atoms with Gasteiger partial charge in [0.15, 0.2) is 5.82 Å². The zero-order valence-electron chi connectivity index (χ0n) is 10.3. The molecule has 1 aromatic rings. The van der Waals surface area contributed by atoms with Gasteiger partial charge in [-0.25, -0.2) is 4.98 Å². The third-order valence-electron chi connectivity index (χ3n) is 2.67. The molecule has 0 aromatic carbocycles. The van der Waals surface area contributed by atoms with Crippen molar-refractivity contribution in [2.75, 3.05) is 30.4 Å². The maximum Gasteiger partial charge on any atom is 0.224 e. The number of nitrogens with zero attached hydrogens (tertiary/aromatic N) is 3. The molecule has 0 aliphatic carbocycles. The molecule has 0 bridgehead atoms. The molecule has 2 unspecified atom stereocenters. The smallest absolute Gasteiger partial charge is 0.224 e. The summed E-state index contributed by atoms with van der Waals surface area (Å²) in [6.45, 7) is 5.70. The van der Waals surface area contributed by atoms with Crippen LogP contribution in [0.3, 0.4) is 0 Å². The van der Waals surface area contributed by atoms with Crippen molar-refractivity contribution in [1.29, 1.82) is 0 Å². The van der Waals surface area contributed by atoms with Crippen LogP contribution in [-0.4, -0.2) is 42.3 Å². The zero-order valence-corrected chi connectivity index (χ0v) is 11.0. The Labute approximate surface area is 106 Å². The lowest BCUT2D eigenvalue weighted by molar-refractivity contribution is -0.00545. The summed E-state index contributed by atoms with van der Waals surface area (Å²) >= 11 is 6.15. The van der Waals surface area contributed by atoms with Crippen LogP contribution in [0.2, 0.25) is 5.02 Å². The van der Waals surface area contributed by atoms with Crippen LogP contribution in [0.5, 0.6) is 0 Å². The van der Waals surface area contributed by atoms with Crippen LogP contribution in [0.1, 0.15) is 13.8 Å². The minimum atomic E-state index is 0.183. The SMILES string of the molecule is CNc1ncc(Cl)c(N2CC(C)OC(C)C2)n1. The van der Waals surface area contributed by atoms with Gasteiger partial charge in [0.25, 0.3) is 0 Å². The predicted molar refractivity (Wildman–Crippen MR) is 68.8 cm³/mol. The standard InChI is InChI=1S/C11H17ClN4O/c1-7-5-16(6-8(2)17-7)10-9(12)4-14-11(13-3)15-10/h4,7-8H,5-6H2,1-3H3,(H,13,14,15). The summed E-state index contributed by atoms with van der Waals surface area (Å²) in [5.74, 6) is 1.35. The second kappa shape index (κ2) is 5.06. The topological polar surface area (TPSA) is 50.3 Å². The lowest BCUT2D eigenvalue weighted by Crippen LogP contribution is -2.46. The quantitative estimate of drug-likeness (QED) is 0.874. The summed E-state index contributed by atoms with van der Waals surface area (Å²) in [5.41, 5.74) is 0. The van der Waals surface area contributed by atoms with Crippen molar-refractivity contribution < 1.29 is 4.74 Å². The third kappa shape index (κ3) is 2.79. The molecule has 2 rings (SSSR count). The molecule has 1 aromatic heterocycles. The van der Waals surface area contributed by atoms with Crippen LogP contribution in [0.25, 0.3) is 0 Å². The van der Waals surface area contributed by atoms with E-state index in [1.165, 1.54) is 0 Å². The van der Waals surface area contributed by atoms with Gasteiger partial charge in [0.1, 0.15) is 5.02 Å². The van der Waals surface area contributed by atoms with E-state index >= 15 is 0 Å². The summed E-state index contributed by atoms with van der Waals surface area (Å²) in [6.07, 6.45) is 1.99. The molecule has 0 amide bonds. The molecule has 17 heavy (non-hydrogen) atoms. The van der Waals surface area contributed by atoms with E-state index in [1.54, 1.807) is 13.2 Å². The van der Waals surface area contributed by atoms with E-state index < -0.39 is 0 Å². The third-order valence-corrected chi connectivity index (χ3v) is 2.93. The number of rotatable bonds is 2. The molecule has 0 radical (unpaired) electrons. The van der Waals surface area contributed by atoms with E-state index in [0.717, 1.165) is 18.9 Å². The molecule has 1 saturated heterocycles. The van der Waals surface area contributed by atoms with E-state index in [2.05, 4.69) is 34.0 Å². The molecule has 1 fully saturated rings. The molecule has 2 heterocycles. The first kappa shape index (κ1) is 12.4. The van der Waals surface area contributed by atoms with Gasteiger partial charge in [-0.05, 0) is 13.8 Å². The van der Waals surface area contributed by atoms with E-state index in [9.17, 15) is 0 Å². The molecule has 2 atom stereocenters. The fourth-order valence-electron chi connectivity index (χ4n) is 2.05. The van der Waals surface area contributed by atoms with E-state index in [0.29, 0.717) is 11.0 Å². The highest BCUT2D eigenvalue weighted by Crippen LogP contribution is 2.26. The number of anilines is 2. The van der Waals surface area contributed by atoms with Gasteiger partial charge in [-0.3, -0.25) is 0 Å². The van der Waals surface area contributed by atoms with Crippen LogP contribution < -0.4 is 10.2 Å². The van der Waals surface area contributed by atoms with Gasteiger partial charge < -0.3 is 15.0 Å². The van der Waals surface area contributed by atoms with E-state index in [4.69, 9.17) is 16.3 Å². The van der Waals surface area contributed by atoms with Crippen LogP contribution in [0.15, 0.2) is 6.20 Å². The van der Waals surface area contributed by atoms with Crippen LogP contribution in [0.4, 0.5) is 11.8 Å². The Hall–Kier alpha value is -1.07. The average molecular weight is 257 g/mol. The summed E-state index contributed by atoms with van der Waals surface area (Å²) in [4.78, 5) is 10.6. The Morgan fingerprint density at radius 1 is 1.41 bits per heavy atom. The summed E-state index contributed by atoms with van der Waals surface area (Å²) < 4.78 is 5.69. The first-order chi connectivity index (χ1) is 8.10. The Morgan fingerprint density at radius 2 is 2.06 bits per heavy atom. The lowest BCUT2D eigenvalue weighted by atomic mass is 10.2. The second-order valence-electron chi connectivity index (χ2n) is 4.28. The van der Waals surface area contributed by atoms with Crippen molar-refractivity contribution in [3.05, 3.63) is 11.2 Å². The predicted octanol–water partition coefficient (Wildman–Crippen LogP) is 1.79. The summed E-state index contributed by atoms with van der Waals surface area (Å²) in [6, 6.07) is 0. The maximum absolute atomic E-state index is 6.15. The highest BCUT2D eigenvalue weighted by atomic mass is 35.5. The Bertz CT molecular complexity index is 391. The van der Waals surface area contributed by atoms with E-state index in [1.807, 2.05) is 0 Å². The van der Waals surface area contributed by atoms with Gasteiger partial charge in [-0.2, -0.15) is 4.98 Å². The highest BCUT2D eigenvalue weighted by molar-refractivity contribution is 6.32. The zero-order chi connectivity index (χ0) is 12.4. The Kier molecular flexibility index (Phi) is 3.69. The van der Waals surface area contributed by atoms with Crippen LogP contribution in [0, 0.1) is 0 Å². The van der Waals surface area contributed by atoms with Crippen molar-refractivity contribution in [2.45, 2.75) is 26.1 Å². The first-order valence-electron chi connectivity index (χ1n) is 5.71. The molecule has 1 aliphatic rings. The average Bonchev–Trinajstić information content (AvgIpc) is 2.28. The lowest BCUT2D eigenvalue weighted by Gasteiger charge is -2.36. The molecular weight excluding hydrogens is 240 g/mol. The van der Waals surface area contributed by atoms with Crippen LogP contribution in [-0.2, 0) is 4.74 Å². The molecule has 5 nitrogen and oxygen atoms in total. The first-order valence-corrected chi connectivity index (χ1v) is 6.08. The summed E-state index contributed by atoms with van der Waals surface area (Å²) in [5, 5.41) is 3.49. The van der Waals surface area contributed by atoms with Gasteiger partial charge in [0, 0.05) is 20.1 Å². The highest BCUT2D eigenvalue weighted by Gasteiger charge is 2.25. The number of aromatic nitrogens is 2. The number of hydrogen-bond donors (Lipinski definition) is 1. The minimum absolute atomic E-state index is 0.183. The molecule has 1 aliphatic heterocycles. The minimum Gasteiger partial charge on any atom is -0.372 e. The van der Waals surface area contributed by atoms with E-state index in [-0.39, 0.29) is 12.2 Å². The van der Waals surface area contributed by atoms with Crippen molar-refractivity contribution in [3.63, 3.8) is 0 Å². The van der Waals surface area contributed by atoms with Gasteiger partial charge >= 0.3 is 0 Å². The molecule has 94 valence electrons. The normalized spacial score (nSPS) is 24.8. The summed E-state index contributed by atoms with van der Waals surface area (Å²) in [7, 11) is 1.79. The van der Waals surface area contributed by atoms with Crippen molar-refractivity contribution in [1.82, 2.24) is 9.97 Å². The molecule has 0 spiro atoms. The number of halogens is 1. The van der Waals surface area contributed by atoms with Gasteiger partial charge in [-0.15, -0.1) is 0 Å². The molecular formula is C11H17ClN4O. The fourth-order valence-corrected chi connectivity index (χ4v) is 2.26. The number of hydrogen-bond acceptors (Lipinski definition) is 5. The Morgan fingerprint density at radius 3 is 2.65 bits per heavy atom. The fraction of sp³-hybridized carbons (Fsp3) is 0.636. The van der Waals surface area contributed by atoms with Crippen molar-refractivity contribution in [2.24, 2.45) is 0 Å². The van der Waals surface area contributed by atoms with Gasteiger partial charge in [0.05, 0.1) is 18.4 Å². The molecule has 6 heteroatoms. The molecule has 1 N–H and O–H groups in total. The number of morpholine rings is 1. The van der Waals surface area contributed by atoms with Crippen molar-refractivity contribution in [3.8, 4) is 0 Å². The van der Waals surface area contributed by atoms with Crippen LogP contribution >= 0.6 is 11.6 Å². The van der Waals surface area contributed by atoms with Gasteiger partial charge in [0.2, 0.25) is 5.95 Å². The van der Waals surface area contributed by atoms with Crippen molar-refractivity contribution >= 4 is 23.4 Å². The Balaban J connectivity index is 2.26. The largest absolute Gasteiger partial charge is 0.372 e. The van der Waals surface area contributed by atoms with Gasteiger partial charge in [-0.1, -0.05) is 11.6 Å². The number of ether oxygens (including phenoxy) is 1. The maximum atomic E-state index is 6.15. The number of nitrogens with one attached hydrogen (secondary N) is 1.